The number of hydrogen-bond donors (Lipinski definition) is 0. The van der Waals surface area contributed by atoms with E-state index >= 15 is 0 Å². The Bertz CT molecular complexity index is 2350. The van der Waals surface area contributed by atoms with Gasteiger partial charge in [0.2, 0.25) is 0 Å². The van der Waals surface area contributed by atoms with Gasteiger partial charge >= 0.3 is 0 Å². The maximum absolute atomic E-state index is 2.50. The van der Waals surface area contributed by atoms with E-state index in [0.717, 1.165) is 6.42 Å². The number of benzene rings is 6. The molecule has 1 atom stereocenters. The Hall–Kier alpha value is -5.18. The Morgan fingerprint density at radius 2 is 1.27 bits per heavy atom. The SMILES string of the molecule is CC1C=Cc2c(c3cc(-c4cccc5c4sc4ccccc45)ccc3n2-c2cc(-c3ccccc3)cc(-c3ccccc3)c2)C1. The molecule has 45 heavy (non-hydrogen) atoms. The van der Waals surface area contributed by atoms with Crippen LogP contribution < -0.4 is 0 Å². The predicted octanol–water partition coefficient (Wildman–Crippen LogP) is 12.2. The number of thiophene rings is 1. The highest BCUT2D eigenvalue weighted by molar-refractivity contribution is 7.26. The van der Waals surface area contributed by atoms with E-state index in [1.807, 2.05) is 11.3 Å². The van der Waals surface area contributed by atoms with Gasteiger partial charge in [-0.15, -0.1) is 11.3 Å². The fraction of sp³-hybridized carbons (Fsp3) is 0.0698. The molecule has 1 nitrogen and oxygen atoms in total. The molecule has 0 aliphatic heterocycles. The van der Waals surface area contributed by atoms with E-state index < -0.39 is 0 Å². The van der Waals surface area contributed by atoms with Gasteiger partial charge in [0.25, 0.3) is 0 Å². The zero-order chi connectivity index (χ0) is 29.9. The van der Waals surface area contributed by atoms with Crippen molar-refractivity contribution in [3.8, 4) is 39.1 Å². The Morgan fingerprint density at radius 3 is 2.02 bits per heavy atom. The first-order valence-corrected chi connectivity index (χ1v) is 16.6. The lowest BCUT2D eigenvalue weighted by Crippen LogP contribution is -2.05. The Morgan fingerprint density at radius 1 is 0.578 bits per heavy atom. The molecule has 0 spiro atoms. The molecule has 2 heteroatoms. The van der Waals surface area contributed by atoms with Gasteiger partial charge in [-0.3, -0.25) is 0 Å². The average Bonchev–Trinajstić information content (AvgIpc) is 3.64. The monoisotopic (exact) mass is 593 g/mol. The molecule has 1 aliphatic rings. The number of hydrogen-bond acceptors (Lipinski definition) is 1. The summed E-state index contributed by atoms with van der Waals surface area (Å²) in [5.41, 5.74) is 12.7. The molecule has 1 unspecified atom stereocenters. The van der Waals surface area contributed by atoms with Crippen molar-refractivity contribution in [2.75, 3.05) is 0 Å². The summed E-state index contributed by atoms with van der Waals surface area (Å²) >= 11 is 1.90. The van der Waals surface area contributed by atoms with E-state index in [1.54, 1.807) is 0 Å². The number of rotatable bonds is 4. The zero-order valence-corrected chi connectivity index (χ0v) is 25.9. The minimum Gasteiger partial charge on any atom is -0.310 e. The molecule has 0 N–H and O–H groups in total. The Kier molecular flexibility index (Phi) is 6.11. The third-order valence-corrected chi connectivity index (χ3v) is 10.5. The van der Waals surface area contributed by atoms with Crippen LogP contribution in [0, 0.1) is 5.92 Å². The van der Waals surface area contributed by atoms with E-state index in [2.05, 4.69) is 163 Å². The molecule has 0 amide bonds. The van der Waals surface area contributed by atoms with Crippen LogP contribution in [0.1, 0.15) is 18.2 Å². The van der Waals surface area contributed by atoms with Crippen LogP contribution in [-0.4, -0.2) is 4.57 Å². The van der Waals surface area contributed by atoms with Gasteiger partial charge in [-0.05, 0) is 93.8 Å². The van der Waals surface area contributed by atoms with E-state index in [9.17, 15) is 0 Å². The molecule has 9 rings (SSSR count). The topological polar surface area (TPSA) is 4.93 Å². The van der Waals surface area contributed by atoms with Crippen LogP contribution in [0.4, 0.5) is 0 Å². The third-order valence-electron chi connectivity index (χ3n) is 9.33. The van der Waals surface area contributed by atoms with Gasteiger partial charge in [-0.2, -0.15) is 0 Å². The Labute approximate surface area is 267 Å². The summed E-state index contributed by atoms with van der Waals surface area (Å²) in [5.74, 6) is 0.502. The molecule has 6 aromatic carbocycles. The summed E-state index contributed by atoms with van der Waals surface area (Å²) in [6.07, 6.45) is 5.76. The summed E-state index contributed by atoms with van der Waals surface area (Å²) in [5, 5.41) is 4.04. The first-order valence-electron chi connectivity index (χ1n) is 15.7. The molecule has 2 aromatic heterocycles. The van der Waals surface area contributed by atoms with E-state index in [0.29, 0.717) is 5.92 Å². The van der Waals surface area contributed by atoms with Gasteiger partial charge in [0.15, 0.2) is 0 Å². The molecular formula is C43H31NS. The van der Waals surface area contributed by atoms with Crippen molar-refractivity contribution in [3.63, 3.8) is 0 Å². The summed E-state index contributed by atoms with van der Waals surface area (Å²) < 4.78 is 5.20. The fourth-order valence-corrected chi connectivity index (χ4v) is 8.40. The van der Waals surface area contributed by atoms with Crippen LogP contribution in [0.2, 0.25) is 0 Å². The number of fused-ring (bicyclic) bond motifs is 6. The van der Waals surface area contributed by atoms with Crippen molar-refractivity contribution >= 4 is 48.5 Å². The smallest absolute Gasteiger partial charge is 0.0538 e. The average molecular weight is 594 g/mol. The number of allylic oxidation sites excluding steroid dienone is 1. The third kappa shape index (κ3) is 4.36. The Balaban J connectivity index is 1.29. The van der Waals surface area contributed by atoms with Crippen LogP contribution in [0.5, 0.6) is 0 Å². The van der Waals surface area contributed by atoms with Gasteiger partial charge in [-0.1, -0.05) is 116 Å². The van der Waals surface area contributed by atoms with Gasteiger partial charge in [0.05, 0.1) is 5.52 Å². The van der Waals surface area contributed by atoms with E-state index in [4.69, 9.17) is 0 Å². The van der Waals surface area contributed by atoms with Gasteiger partial charge in [-0.25, -0.2) is 0 Å². The van der Waals surface area contributed by atoms with Crippen LogP contribution in [0.25, 0.3) is 76.2 Å². The van der Waals surface area contributed by atoms with Gasteiger partial charge in [0, 0.05) is 36.9 Å². The molecule has 0 fully saturated rings. The van der Waals surface area contributed by atoms with Gasteiger partial charge < -0.3 is 4.57 Å². The lowest BCUT2D eigenvalue weighted by atomic mass is 9.92. The molecule has 0 radical (unpaired) electrons. The normalized spacial score (nSPS) is 14.4. The molecular weight excluding hydrogens is 563 g/mol. The highest BCUT2D eigenvalue weighted by Crippen LogP contribution is 2.43. The maximum atomic E-state index is 2.50. The standard InChI is InChI=1S/C43H31NS/c1-28-19-21-40-38(23-28)39-27-31(35-16-10-17-37-36-15-8-9-18-42(36)45-43(35)37)20-22-41(39)44(40)34-25-32(29-11-4-2-5-12-29)24-33(26-34)30-13-6-3-7-14-30/h2-22,24-28H,23H2,1H3. The minimum atomic E-state index is 0.502. The second kappa shape index (κ2) is 10.5. The first kappa shape index (κ1) is 26.2. The van der Waals surface area contributed by atoms with E-state index in [-0.39, 0.29) is 0 Å². The summed E-state index contributed by atoms with van der Waals surface area (Å²) in [4.78, 5) is 0. The van der Waals surface area contributed by atoms with Gasteiger partial charge in [0.1, 0.15) is 0 Å². The highest BCUT2D eigenvalue weighted by atomic mass is 32.1. The van der Waals surface area contributed by atoms with Crippen molar-refractivity contribution in [1.29, 1.82) is 0 Å². The minimum absolute atomic E-state index is 0.502. The van der Waals surface area contributed by atoms with Crippen molar-refractivity contribution < 1.29 is 0 Å². The lowest BCUT2D eigenvalue weighted by molar-refractivity contribution is 0.718. The summed E-state index contributed by atoms with van der Waals surface area (Å²) in [6.45, 7) is 2.33. The molecule has 2 heterocycles. The molecule has 0 bridgehead atoms. The maximum Gasteiger partial charge on any atom is 0.0538 e. The zero-order valence-electron chi connectivity index (χ0n) is 25.1. The molecule has 8 aromatic rings. The molecule has 0 saturated carbocycles. The number of nitrogens with zero attached hydrogens (tertiary/aromatic N) is 1. The molecule has 1 aliphatic carbocycles. The largest absolute Gasteiger partial charge is 0.310 e. The van der Waals surface area contributed by atoms with Crippen LogP contribution in [0.15, 0.2) is 146 Å². The van der Waals surface area contributed by atoms with Crippen LogP contribution in [0.3, 0.4) is 0 Å². The van der Waals surface area contributed by atoms with Crippen LogP contribution >= 0.6 is 11.3 Å². The van der Waals surface area contributed by atoms with Crippen molar-refractivity contribution in [1.82, 2.24) is 4.57 Å². The molecule has 0 saturated heterocycles. The second-order valence-electron chi connectivity index (χ2n) is 12.3. The van der Waals surface area contributed by atoms with E-state index in [1.165, 1.54) is 81.4 Å². The predicted molar refractivity (Wildman–Crippen MR) is 194 cm³/mol. The highest BCUT2D eigenvalue weighted by Gasteiger charge is 2.23. The fourth-order valence-electron chi connectivity index (χ4n) is 7.17. The molecule has 214 valence electrons. The van der Waals surface area contributed by atoms with Crippen molar-refractivity contribution in [2.45, 2.75) is 13.3 Å². The van der Waals surface area contributed by atoms with Crippen molar-refractivity contribution in [3.05, 3.63) is 157 Å². The number of aromatic nitrogens is 1. The summed E-state index contributed by atoms with van der Waals surface area (Å²) in [7, 11) is 0. The summed E-state index contributed by atoms with van der Waals surface area (Å²) in [6, 6.07) is 51.2. The second-order valence-corrected chi connectivity index (χ2v) is 13.3. The lowest BCUT2D eigenvalue weighted by Gasteiger charge is -2.17. The van der Waals surface area contributed by atoms with Crippen LogP contribution in [-0.2, 0) is 6.42 Å². The first-order chi connectivity index (χ1) is 22.2. The van der Waals surface area contributed by atoms with Crippen molar-refractivity contribution in [2.24, 2.45) is 5.92 Å². The quantitative estimate of drug-likeness (QED) is 0.191.